The second-order valence-corrected chi connectivity index (χ2v) is 6.31. The van der Waals surface area contributed by atoms with Crippen LogP contribution in [-0.2, 0) is 51.9 Å². The van der Waals surface area contributed by atoms with Crippen molar-refractivity contribution in [2.24, 2.45) is 11.3 Å². The molecular formula is C15H26NO4Y-. The van der Waals surface area contributed by atoms with E-state index in [-0.39, 0.29) is 44.6 Å². The quantitative estimate of drug-likeness (QED) is 0.431. The summed E-state index contributed by atoms with van der Waals surface area (Å²) in [6.45, 7) is 7.43. The van der Waals surface area contributed by atoms with Gasteiger partial charge in [-0.15, -0.1) is 0 Å². The molecule has 0 N–H and O–H groups in total. The van der Waals surface area contributed by atoms with E-state index in [2.05, 4.69) is 0 Å². The first-order valence-corrected chi connectivity index (χ1v) is 7.04. The standard InChI is InChI=1S/C15H26NO4.Y/c1-7-15(13(18)16(5)19-6)10-8-9-11(15)12(17)20-14(2,3)4;/h8,11H,7,9-10H2,1-6H3;/q-1;/t11?,15-;/m1./s1. The summed E-state index contributed by atoms with van der Waals surface area (Å²) in [4.78, 5) is 30.0. The molecule has 1 rings (SSSR count). The molecule has 5 nitrogen and oxygen atoms in total. The normalized spacial score (nSPS) is 25.1. The maximum absolute atomic E-state index is 12.6. The summed E-state index contributed by atoms with van der Waals surface area (Å²) in [7, 11) is 3.02. The summed E-state index contributed by atoms with van der Waals surface area (Å²) in [5, 5.41) is 1.21. The largest absolute Gasteiger partial charge is 0.460 e. The van der Waals surface area contributed by atoms with E-state index in [4.69, 9.17) is 9.57 Å². The minimum atomic E-state index is -0.743. The van der Waals surface area contributed by atoms with Gasteiger partial charge in [-0.1, -0.05) is 6.92 Å². The number of esters is 1. The van der Waals surface area contributed by atoms with Crippen LogP contribution < -0.4 is 0 Å². The van der Waals surface area contributed by atoms with Crippen LogP contribution in [0.4, 0.5) is 0 Å². The molecule has 1 aliphatic rings. The van der Waals surface area contributed by atoms with Crippen molar-refractivity contribution in [2.45, 2.75) is 52.6 Å². The molecule has 119 valence electrons. The van der Waals surface area contributed by atoms with Crippen molar-refractivity contribution >= 4 is 11.9 Å². The van der Waals surface area contributed by atoms with E-state index < -0.39 is 16.9 Å². The van der Waals surface area contributed by atoms with E-state index in [1.807, 2.05) is 34.1 Å². The molecule has 0 bridgehead atoms. The third-order valence-electron chi connectivity index (χ3n) is 3.89. The van der Waals surface area contributed by atoms with Crippen LogP contribution in [0.3, 0.4) is 0 Å². The van der Waals surface area contributed by atoms with Gasteiger partial charge in [0.15, 0.2) is 0 Å². The molecular weight excluding hydrogens is 347 g/mol. The molecule has 2 atom stereocenters. The molecule has 0 heterocycles. The Morgan fingerprint density at radius 3 is 2.38 bits per heavy atom. The average molecular weight is 373 g/mol. The molecule has 0 aromatic heterocycles. The zero-order valence-corrected chi connectivity index (χ0v) is 16.8. The Kier molecular flexibility index (Phi) is 8.03. The topological polar surface area (TPSA) is 55.8 Å². The summed E-state index contributed by atoms with van der Waals surface area (Å²) in [6, 6.07) is 0. The third kappa shape index (κ3) is 4.74. The van der Waals surface area contributed by atoms with Crippen molar-refractivity contribution in [3.05, 3.63) is 6.42 Å². The Labute approximate surface area is 152 Å². The third-order valence-corrected chi connectivity index (χ3v) is 3.89. The maximum atomic E-state index is 12.6. The number of hydroxylamine groups is 2. The Hall–Kier alpha value is 0.00390. The average Bonchev–Trinajstić information content (AvgIpc) is 2.79. The number of rotatable bonds is 4. The first-order valence-electron chi connectivity index (χ1n) is 7.04. The van der Waals surface area contributed by atoms with Crippen molar-refractivity contribution in [2.75, 3.05) is 14.2 Å². The Morgan fingerprint density at radius 2 is 1.95 bits per heavy atom. The summed E-state index contributed by atoms with van der Waals surface area (Å²) in [6.07, 6.45) is 3.74. The van der Waals surface area contributed by atoms with E-state index in [1.54, 1.807) is 7.05 Å². The first kappa shape index (κ1) is 21.0. The molecule has 6 heteroatoms. The van der Waals surface area contributed by atoms with E-state index in [1.165, 1.54) is 12.2 Å². The van der Waals surface area contributed by atoms with E-state index in [0.29, 0.717) is 19.3 Å². The summed E-state index contributed by atoms with van der Waals surface area (Å²) >= 11 is 0. The van der Waals surface area contributed by atoms with Crippen molar-refractivity contribution < 1.29 is 51.9 Å². The molecule has 1 radical (unpaired) electrons. The molecule has 0 saturated heterocycles. The Morgan fingerprint density at radius 1 is 1.38 bits per heavy atom. The molecule has 1 saturated carbocycles. The molecule has 1 fully saturated rings. The van der Waals surface area contributed by atoms with Crippen molar-refractivity contribution in [3.63, 3.8) is 0 Å². The fourth-order valence-electron chi connectivity index (χ4n) is 2.74. The molecule has 1 aliphatic carbocycles. The number of carbonyl (C=O) groups excluding carboxylic acids is 2. The minimum absolute atomic E-state index is 0. The molecule has 0 aromatic carbocycles. The fraction of sp³-hybridized carbons (Fsp3) is 0.800. The van der Waals surface area contributed by atoms with E-state index in [9.17, 15) is 9.59 Å². The Bertz CT molecular complexity index is 380. The minimum Gasteiger partial charge on any atom is -0.460 e. The summed E-state index contributed by atoms with van der Waals surface area (Å²) in [5.41, 5.74) is -1.29. The van der Waals surface area contributed by atoms with Crippen molar-refractivity contribution in [1.29, 1.82) is 0 Å². The fourth-order valence-corrected chi connectivity index (χ4v) is 2.74. The zero-order chi connectivity index (χ0) is 15.6. The molecule has 0 spiro atoms. The number of amides is 1. The number of ether oxygens (including phenoxy) is 1. The predicted octanol–water partition coefficient (Wildman–Crippen LogP) is 2.36. The second-order valence-electron chi connectivity index (χ2n) is 6.31. The summed E-state index contributed by atoms with van der Waals surface area (Å²) < 4.78 is 5.47. The van der Waals surface area contributed by atoms with Gasteiger partial charge < -0.3 is 11.2 Å². The summed E-state index contributed by atoms with van der Waals surface area (Å²) in [5.74, 6) is -0.894. The van der Waals surface area contributed by atoms with E-state index in [0.717, 1.165) is 0 Å². The molecule has 0 aromatic rings. The van der Waals surface area contributed by atoms with Gasteiger partial charge in [0.05, 0.1) is 7.11 Å². The van der Waals surface area contributed by atoms with Crippen LogP contribution in [0, 0.1) is 17.8 Å². The van der Waals surface area contributed by atoms with Crippen molar-refractivity contribution in [1.82, 2.24) is 5.06 Å². The van der Waals surface area contributed by atoms with Crippen LogP contribution in [0.5, 0.6) is 0 Å². The number of nitrogens with zero attached hydrogens (tertiary/aromatic N) is 1. The SMILES string of the molecule is CC[C@@]1(C(=O)N(C)OC)C[CH-]CC1C(=O)OC(C)(C)C.[Y]. The van der Waals surface area contributed by atoms with Crippen LogP contribution in [0.15, 0.2) is 0 Å². The van der Waals surface area contributed by atoms with Gasteiger partial charge in [0, 0.05) is 51.1 Å². The Balaban J connectivity index is 0.00000400. The van der Waals surface area contributed by atoms with Gasteiger partial charge in [0.25, 0.3) is 0 Å². The first-order chi connectivity index (χ1) is 9.18. The number of carbonyl (C=O) groups is 2. The number of hydrogen-bond acceptors (Lipinski definition) is 4. The number of hydrogen-bond donors (Lipinski definition) is 0. The molecule has 21 heavy (non-hydrogen) atoms. The van der Waals surface area contributed by atoms with Gasteiger partial charge in [0.2, 0.25) is 5.91 Å². The van der Waals surface area contributed by atoms with Gasteiger partial charge in [0.1, 0.15) is 5.60 Å². The van der Waals surface area contributed by atoms with E-state index >= 15 is 0 Å². The van der Waals surface area contributed by atoms with Gasteiger partial charge in [-0.3, -0.25) is 14.4 Å². The van der Waals surface area contributed by atoms with Crippen LogP contribution >= 0.6 is 0 Å². The molecule has 1 amide bonds. The molecule has 1 unspecified atom stereocenters. The van der Waals surface area contributed by atoms with Crippen LogP contribution in [0.2, 0.25) is 0 Å². The predicted molar refractivity (Wildman–Crippen MR) is 75.4 cm³/mol. The maximum Gasteiger partial charge on any atom is 0.307 e. The molecule has 0 aliphatic heterocycles. The monoisotopic (exact) mass is 373 g/mol. The van der Waals surface area contributed by atoms with Crippen LogP contribution in [-0.4, -0.2) is 36.7 Å². The van der Waals surface area contributed by atoms with Crippen LogP contribution in [0.1, 0.15) is 47.0 Å². The van der Waals surface area contributed by atoms with Gasteiger partial charge >= 0.3 is 5.97 Å². The van der Waals surface area contributed by atoms with Gasteiger partial charge in [-0.25, -0.2) is 5.06 Å². The van der Waals surface area contributed by atoms with Crippen molar-refractivity contribution in [3.8, 4) is 0 Å². The van der Waals surface area contributed by atoms with Gasteiger partial charge in [-0.05, 0) is 27.2 Å². The zero-order valence-electron chi connectivity index (χ0n) is 13.9. The van der Waals surface area contributed by atoms with Gasteiger partial charge in [-0.2, -0.15) is 12.8 Å². The second kappa shape index (κ2) is 8.02. The van der Waals surface area contributed by atoms with Crippen LogP contribution in [0.25, 0.3) is 0 Å². The smallest absolute Gasteiger partial charge is 0.307 e.